The molecule has 2 rings (SSSR count). The Hall–Kier alpha value is -1.29. The molecule has 0 radical (unpaired) electrons. The Morgan fingerprint density at radius 1 is 1.60 bits per heavy atom. The second-order valence-corrected chi connectivity index (χ2v) is 4.02. The maximum Gasteiger partial charge on any atom is 0.239 e. The molecule has 1 fully saturated rings. The number of amides is 1. The fourth-order valence-electron chi connectivity index (χ4n) is 1.49. The zero-order valence-corrected chi connectivity index (χ0v) is 8.99. The van der Waals surface area contributed by atoms with Crippen molar-refractivity contribution in [1.82, 2.24) is 15.2 Å². The SMILES string of the molecule is CNC(=O)Cn1ccc(CNC2CC2)c1. The summed E-state index contributed by atoms with van der Waals surface area (Å²) in [6.07, 6.45) is 6.57. The summed E-state index contributed by atoms with van der Waals surface area (Å²) in [5.41, 5.74) is 1.24. The molecule has 0 aromatic carbocycles. The van der Waals surface area contributed by atoms with E-state index in [0.717, 1.165) is 12.6 Å². The highest BCUT2D eigenvalue weighted by atomic mass is 16.1. The number of hydrogen-bond donors (Lipinski definition) is 2. The molecule has 1 saturated carbocycles. The summed E-state index contributed by atoms with van der Waals surface area (Å²) in [5.74, 6) is 0.0345. The van der Waals surface area contributed by atoms with Crippen molar-refractivity contribution in [2.24, 2.45) is 0 Å². The molecule has 82 valence electrons. The lowest BCUT2D eigenvalue weighted by molar-refractivity contribution is -0.121. The lowest BCUT2D eigenvalue weighted by atomic mass is 10.3. The van der Waals surface area contributed by atoms with Gasteiger partial charge >= 0.3 is 0 Å². The molecule has 0 spiro atoms. The van der Waals surface area contributed by atoms with Crippen LogP contribution in [0, 0.1) is 0 Å². The number of nitrogens with zero attached hydrogens (tertiary/aromatic N) is 1. The number of likely N-dealkylation sites (N-methyl/N-ethyl adjacent to an activating group) is 1. The Labute approximate surface area is 89.7 Å². The largest absolute Gasteiger partial charge is 0.358 e. The molecule has 4 heteroatoms. The van der Waals surface area contributed by atoms with Crippen LogP contribution >= 0.6 is 0 Å². The first-order valence-corrected chi connectivity index (χ1v) is 5.36. The fourth-order valence-corrected chi connectivity index (χ4v) is 1.49. The molecular weight excluding hydrogens is 190 g/mol. The van der Waals surface area contributed by atoms with Crippen LogP contribution in [-0.4, -0.2) is 23.6 Å². The number of carbonyl (C=O) groups is 1. The Morgan fingerprint density at radius 2 is 2.40 bits per heavy atom. The molecule has 15 heavy (non-hydrogen) atoms. The fraction of sp³-hybridized carbons (Fsp3) is 0.545. The zero-order chi connectivity index (χ0) is 10.7. The van der Waals surface area contributed by atoms with Gasteiger partial charge in [-0.15, -0.1) is 0 Å². The number of nitrogens with one attached hydrogen (secondary N) is 2. The van der Waals surface area contributed by atoms with Crippen molar-refractivity contribution < 1.29 is 4.79 Å². The normalized spacial score (nSPS) is 15.3. The topological polar surface area (TPSA) is 46.1 Å². The van der Waals surface area contributed by atoms with Crippen LogP contribution in [0.4, 0.5) is 0 Å². The molecule has 1 aliphatic rings. The van der Waals surface area contributed by atoms with Gasteiger partial charge in [-0.3, -0.25) is 4.79 Å². The maximum absolute atomic E-state index is 11.1. The first kappa shape index (κ1) is 10.2. The van der Waals surface area contributed by atoms with Crippen molar-refractivity contribution in [2.75, 3.05) is 7.05 Å². The first-order chi connectivity index (χ1) is 7.28. The Morgan fingerprint density at radius 3 is 3.07 bits per heavy atom. The van der Waals surface area contributed by atoms with E-state index in [4.69, 9.17) is 0 Å². The number of hydrogen-bond acceptors (Lipinski definition) is 2. The van der Waals surface area contributed by atoms with E-state index < -0.39 is 0 Å². The summed E-state index contributed by atoms with van der Waals surface area (Å²) in [4.78, 5) is 11.1. The highest BCUT2D eigenvalue weighted by Crippen LogP contribution is 2.19. The van der Waals surface area contributed by atoms with Crippen LogP contribution in [0.25, 0.3) is 0 Å². The van der Waals surface area contributed by atoms with Gasteiger partial charge in [-0.2, -0.15) is 0 Å². The smallest absolute Gasteiger partial charge is 0.239 e. The third-order valence-electron chi connectivity index (χ3n) is 2.59. The van der Waals surface area contributed by atoms with Gasteiger partial charge in [-0.25, -0.2) is 0 Å². The average Bonchev–Trinajstić information content (AvgIpc) is 2.97. The summed E-state index contributed by atoms with van der Waals surface area (Å²) in [6, 6.07) is 2.78. The standard InChI is InChI=1S/C11H17N3O/c1-12-11(15)8-14-5-4-9(7-14)6-13-10-2-3-10/h4-5,7,10,13H,2-3,6,8H2,1H3,(H,12,15). The Bertz CT molecular complexity index is 341. The van der Waals surface area contributed by atoms with Crippen molar-refractivity contribution in [1.29, 1.82) is 0 Å². The van der Waals surface area contributed by atoms with E-state index in [-0.39, 0.29) is 5.91 Å². The molecule has 1 amide bonds. The van der Waals surface area contributed by atoms with Crippen LogP contribution in [0.3, 0.4) is 0 Å². The van der Waals surface area contributed by atoms with Gasteiger partial charge < -0.3 is 15.2 Å². The van der Waals surface area contributed by atoms with Gasteiger partial charge in [0.25, 0.3) is 0 Å². The minimum Gasteiger partial charge on any atom is -0.358 e. The van der Waals surface area contributed by atoms with E-state index in [2.05, 4.69) is 16.7 Å². The summed E-state index contributed by atoms with van der Waals surface area (Å²) in [7, 11) is 1.65. The molecule has 2 N–H and O–H groups in total. The minimum atomic E-state index is 0.0345. The third kappa shape index (κ3) is 3.09. The van der Waals surface area contributed by atoms with Crippen molar-refractivity contribution in [3.63, 3.8) is 0 Å². The lowest BCUT2D eigenvalue weighted by Crippen LogP contribution is -2.22. The zero-order valence-electron chi connectivity index (χ0n) is 8.99. The van der Waals surface area contributed by atoms with Crippen LogP contribution < -0.4 is 10.6 Å². The molecule has 4 nitrogen and oxygen atoms in total. The van der Waals surface area contributed by atoms with Crippen molar-refractivity contribution in [3.05, 3.63) is 24.0 Å². The van der Waals surface area contributed by atoms with Crippen molar-refractivity contribution in [2.45, 2.75) is 32.0 Å². The first-order valence-electron chi connectivity index (χ1n) is 5.36. The third-order valence-corrected chi connectivity index (χ3v) is 2.59. The maximum atomic E-state index is 11.1. The van der Waals surface area contributed by atoms with E-state index in [1.165, 1.54) is 18.4 Å². The highest BCUT2D eigenvalue weighted by molar-refractivity contribution is 5.75. The van der Waals surface area contributed by atoms with Crippen LogP contribution in [0.2, 0.25) is 0 Å². The quantitative estimate of drug-likeness (QED) is 0.738. The number of carbonyl (C=O) groups excluding carboxylic acids is 1. The Balaban J connectivity index is 1.82. The van der Waals surface area contributed by atoms with Crippen LogP contribution in [0.1, 0.15) is 18.4 Å². The van der Waals surface area contributed by atoms with Gasteiger partial charge in [-0.05, 0) is 24.5 Å². The molecular formula is C11H17N3O. The lowest BCUT2D eigenvalue weighted by Gasteiger charge is -2.01. The predicted molar refractivity (Wildman–Crippen MR) is 58.4 cm³/mol. The molecule has 0 saturated heterocycles. The number of aromatic nitrogens is 1. The molecule has 0 unspecified atom stereocenters. The molecule has 1 aromatic rings. The highest BCUT2D eigenvalue weighted by Gasteiger charge is 2.19. The van der Waals surface area contributed by atoms with Gasteiger partial charge in [0.05, 0.1) is 0 Å². The average molecular weight is 207 g/mol. The summed E-state index contributed by atoms with van der Waals surface area (Å²) < 4.78 is 1.91. The van der Waals surface area contributed by atoms with Crippen molar-refractivity contribution in [3.8, 4) is 0 Å². The van der Waals surface area contributed by atoms with Crippen LogP contribution in [0.5, 0.6) is 0 Å². The monoisotopic (exact) mass is 207 g/mol. The number of rotatable bonds is 5. The van der Waals surface area contributed by atoms with Gasteiger partial charge in [0, 0.05) is 32.0 Å². The summed E-state index contributed by atoms with van der Waals surface area (Å²) in [6.45, 7) is 1.31. The minimum absolute atomic E-state index is 0.0345. The van der Waals surface area contributed by atoms with Gasteiger partial charge in [0.15, 0.2) is 0 Å². The molecule has 0 aliphatic heterocycles. The molecule has 0 atom stereocenters. The van der Waals surface area contributed by atoms with E-state index in [9.17, 15) is 4.79 Å². The van der Waals surface area contributed by atoms with Crippen LogP contribution in [0.15, 0.2) is 18.5 Å². The van der Waals surface area contributed by atoms with E-state index in [0.29, 0.717) is 6.54 Å². The molecule has 1 aromatic heterocycles. The van der Waals surface area contributed by atoms with Crippen molar-refractivity contribution >= 4 is 5.91 Å². The van der Waals surface area contributed by atoms with Gasteiger partial charge in [0.2, 0.25) is 5.91 Å². The second kappa shape index (κ2) is 4.49. The van der Waals surface area contributed by atoms with E-state index in [1.807, 2.05) is 17.0 Å². The van der Waals surface area contributed by atoms with Gasteiger partial charge in [-0.1, -0.05) is 0 Å². The second-order valence-electron chi connectivity index (χ2n) is 4.02. The van der Waals surface area contributed by atoms with Crippen LogP contribution in [-0.2, 0) is 17.9 Å². The Kier molecular flexibility index (Phi) is 3.06. The predicted octanol–water partition coefficient (Wildman–Crippen LogP) is 0.486. The van der Waals surface area contributed by atoms with E-state index in [1.54, 1.807) is 7.05 Å². The molecule has 0 bridgehead atoms. The summed E-state index contributed by atoms with van der Waals surface area (Å²) in [5, 5.41) is 6.05. The summed E-state index contributed by atoms with van der Waals surface area (Å²) >= 11 is 0. The molecule has 1 aliphatic carbocycles. The molecule has 1 heterocycles. The van der Waals surface area contributed by atoms with E-state index >= 15 is 0 Å². The van der Waals surface area contributed by atoms with Gasteiger partial charge in [0.1, 0.15) is 6.54 Å².